The third-order valence-corrected chi connectivity index (χ3v) is 5.00. The fourth-order valence-corrected chi connectivity index (χ4v) is 3.34. The molecule has 0 fully saturated rings. The molecule has 2 aromatic rings. The fraction of sp³-hybridized carbons (Fsp3) is 0.389. The van der Waals surface area contributed by atoms with E-state index in [0.29, 0.717) is 22.8 Å². The number of ether oxygens (including phenoxy) is 2. The number of aryl methyl sites for hydroxylation is 1. The number of hydrogen-bond acceptors (Lipinski definition) is 6. The minimum Gasteiger partial charge on any atom is -0.497 e. The molecule has 1 aromatic carbocycles. The lowest BCUT2D eigenvalue weighted by Crippen LogP contribution is -2.27. The second-order valence-corrected chi connectivity index (χ2v) is 6.94. The highest BCUT2D eigenvalue weighted by Crippen LogP contribution is 2.22. The van der Waals surface area contributed by atoms with Gasteiger partial charge in [0, 0.05) is 24.7 Å². The molecule has 25 heavy (non-hydrogen) atoms. The summed E-state index contributed by atoms with van der Waals surface area (Å²) in [6.07, 6.45) is 0.472. The van der Waals surface area contributed by atoms with E-state index < -0.39 is 5.25 Å². The van der Waals surface area contributed by atoms with Crippen molar-refractivity contribution in [2.24, 2.45) is 7.05 Å². The maximum atomic E-state index is 12.8. The lowest BCUT2D eigenvalue weighted by atomic mass is 10.0. The zero-order valence-electron chi connectivity index (χ0n) is 15.0. The van der Waals surface area contributed by atoms with Crippen molar-refractivity contribution in [1.29, 1.82) is 0 Å². The van der Waals surface area contributed by atoms with E-state index >= 15 is 0 Å². The van der Waals surface area contributed by atoms with Crippen molar-refractivity contribution in [1.82, 2.24) is 9.55 Å². The van der Waals surface area contributed by atoms with Gasteiger partial charge < -0.3 is 9.47 Å². The molecule has 0 amide bonds. The third kappa shape index (κ3) is 4.42. The number of carbonyl (C=O) groups excluding carboxylic acids is 1. The topological polar surface area (TPSA) is 70.4 Å². The molecule has 0 saturated carbocycles. The van der Waals surface area contributed by atoms with Crippen LogP contribution >= 0.6 is 11.8 Å². The zero-order chi connectivity index (χ0) is 18.6. The summed E-state index contributed by atoms with van der Waals surface area (Å²) in [5.41, 5.74) is 2.15. The van der Waals surface area contributed by atoms with Gasteiger partial charge in [0.05, 0.1) is 14.2 Å². The second kappa shape index (κ2) is 8.20. The Bertz CT molecular complexity index is 832. The Balaban J connectivity index is 2.34. The van der Waals surface area contributed by atoms with Crippen molar-refractivity contribution in [3.8, 4) is 5.75 Å². The molecule has 0 saturated heterocycles. The lowest BCUT2D eigenvalue weighted by Gasteiger charge is -2.14. The zero-order valence-corrected chi connectivity index (χ0v) is 15.8. The van der Waals surface area contributed by atoms with Gasteiger partial charge in [0.15, 0.2) is 5.16 Å². The molecule has 7 heteroatoms. The minimum absolute atomic E-state index is 0.116. The number of nitrogens with zero attached hydrogens (tertiary/aromatic N) is 2. The highest BCUT2D eigenvalue weighted by Gasteiger charge is 2.19. The average molecular weight is 362 g/mol. The van der Waals surface area contributed by atoms with Crippen LogP contribution in [0, 0.1) is 6.92 Å². The van der Waals surface area contributed by atoms with Crippen LogP contribution in [0.15, 0.2) is 34.2 Å². The van der Waals surface area contributed by atoms with Crippen LogP contribution in [0.1, 0.15) is 23.7 Å². The Hall–Kier alpha value is -2.28. The standard InChI is InChI=1S/C18H22N2O4S/c1-11-15(10-13-7-6-8-14(9-13)23-4)16(21)20(3)18(19-11)25-12(2)17(22)24-5/h6-9,12H,10H2,1-5H3. The van der Waals surface area contributed by atoms with E-state index in [4.69, 9.17) is 9.47 Å². The Labute approximate surface area is 151 Å². The molecule has 0 spiro atoms. The highest BCUT2D eigenvalue weighted by molar-refractivity contribution is 8.00. The molecule has 1 atom stereocenters. The number of methoxy groups -OCH3 is 2. The third-order valence-electron chi connectivity index (χ3n) is 3.88. The number of aromatic nitrogens is 2. The summed E-state index contributed by atoms with van der Waals surface area (Å²) >= 11 is 1.21. The van der Waals surface area contributed by atoms with Crippen LogP contribution in [0.2, 0.25) is 0 Å². The number of rotatable bonds is 6. The molecule has 0 aliphatic carbocycles. The Morgan fingerprint density at radius 2 is 2.08 bits per heavy atom. The Morgan fingerprint density at radius 1 is 1.36 bits per heavy atom. The fourth-order valence-electron chi connectivity index (χ4n) is 2.40. The van der Waals surface area contributed by atoms with Crippen LogP contribution in [0.25, 0.3) is 0 Å². The van der Waals surface area contributed by atoms with Crippen LogP contribution in [0.5, 0.6) is 5.75 Å². The van der Waals surface area contributed by atoms with Crippen LogP contribution in [-0.2, 0) is 23.0 Å². The van der Waals surface area contributed by atoms with Gasteiger partial charge in [-0.2, -0.15) is 0 Å². The summed E-state index contributed by atoms with van der Waals surface area (Å²) in [6, 6.07) is 7.61. The molecule has 1 heterocycles. The van der Waals surface area contributed by atoms with Crippen molar-refractivity contribution >= 4 is 17.7 Å². The lowest BCUT2D eigenvalue weighted by molar-refractivity contribution is -0.139. The minimum atomic E-state index is -0.438. The van der Waals surface area contributed by atoms with Crippen molar-refractivity contribution in [3.05, 3.63) is 51.4 Å². The maximum absolute atomic E-state index is 12.8. The molecular weight excluding hydrogens is 340 g/mol. The molecule has 0 bridgehead atoms. The molecule has 1 unspecified atom stereocenters. The molecule has 6 nitrogen and oxygen atoms in total. The average Bonchev–Trinajstić information content (AvgIpc) is 2.62. The molecular formula is C18H22N2O4S. The number of thioether (sulfide) groups is 1. The summed E-state index contributed by atoms with van der Waals surface area (Å²) in [5, 5.41) is 0.0570. The van der Waals surface area contributed by atoms with Crippen LogP contribution < -0.4 is 10.3 Å². The molecule has 0 radical (unpaired) electrons. The van der Waals surface area contributed by atoms with Crippen molar-refractivity contribution < 1.29 is 14.3 Å². The quantitative estimate of drug-likeness (QED) is 0.446. The predicted molar refractivity (Wildman–Crippen MR) is 97.4 cm³/mol. The number of benzene rings is 1. The van der Waals surface area contributed by atoms with Crippen LogP contribution in [0.4, 0.5) is 0 Å². The van der Waals surface area contributed by atoms with Crippen LogP contribution in [0.3, 0.4) is 0 Å². The van der Waals surface area contributed by atoms with Gasteiger partial charge in [-0.3, -0.25) is 14.2 Å². The summed E-state index contributed by atoms with van der Waals surface area (Å²) in [4.78, 5) is 28.9. The number of esters is 1. The molecule has 0 aliphatic rings. The highest BCUT2D eigenvalue weighted by atomic mass is 32.2. The Morgan fingerprint density at radius 3 is 2.72 bits per heavy atom. The molecule has 0 N–H and O–H groups in total. The summed E-state index contributed by atoms with van der Waals surface area (Å²) in [6.45, 7) is 3.53. The van der Waals surface area contributed by atoms with E-state index in [1.807, 2.05) is 31.2 Å². The first kappa shape index (κ1) is 19.1. The SMILES string of the molecule is COC(=O)C(C)Sc1nc(C)c(Cc2cccc(OC)c2)c(=O)n1C. The van der Waals surface area contributed by atoms with Gasteiger partial charge >= 0.3 is 5.97 Å². The van der Waals surface area contributed by atoms with Gasteiger partial charge in [-0.1, -0.05) is 23.9 Å². The van der Waals surface area contributed by atoms with E-state index in [1.54, 1.807) is 21.1 Å². The summed E-state index contributed by atoms with van der Waals surface area (Å²) in [7, 11) is 4.62. The van der Waals surface area contributed by atoms with Crippen LogP contribution in [-0.4, -0.2) is 35.0 Å². The maximum Gasteiger partial charge on any atom is 0.318 e. The number of hydrogen-bond donors (Lipinski definition) is 0. The van der Waals surface area contributed by atoms with E-state index in [-0.39, 0.29) is 11.5 Å². The van der Waals surface area contributed by atoms with Crippen molar-refractivity contribution in [2.75, 3.05) is 14.2 Å². The second-order valence-electron chi connectivity index (χ2n) is 5.63. The van der Waals surface area contributed by atoms with Gasteiger partial charge in [-0.05, 0) is 31.5 Å². The van der Waals surface area contributed by atoms with Crippen molar-refractivity contribution in [2.45, 2.75) is 30.7 Å². The van der Waals surface area contributed by atoms with Gasteiger partial charge in [0.25, 0.3) is 5.56 Å². The predicted octanol–water partition coefficient (Wildman–Crippen LogP) is 2.34. The monoisotopic (exact) mass is 362 g/mol. The first-order chi connectivity index (χ1) is 11.9. The van der Waals surface area contributed by atoms with E-state index in [1.165, 1.54) is 23.4 Å². The summed E-state index contributed by atoms with van der Waals surface area (Å²) in [5.74, 6) is 0.399. The first-order valence-corrected chi connectivity index (χ1v) is 8.69. The van der Waals surface area contributed by atoms with Gasteiger partial charge in [0.1, 0.15) is 11.0 Å². The van der Waals surface area contributed by atoms with E-state index in [0.717, 1.165) is 11.3 Å². The smallest absolute Gasteiger partial charge is 0.318 e. The molecule has 134 valence electrons. The Kier molecular flexibility index (Phi) is 6.25. The van der Waals surface area contributed by atoms with Gasteiger partial charge in [0.2, 0.25) is 0 Å². The molecule has 0 aliphatic heterocycles. The van der Waals surface area contributed by atoms with Gasteiger partial charge in [-0.15, -0.1) is 0 Å². The normalized spacial score (nSPS) is 11.9. The largest absolute Gasteiger partial charge is 0.497 e. The first-order valence-electron chi connectivity index (χ1n) is 7.81. The summed E-state index contributed by atoms with van der Waals surface area (Å²) < 4.78 is 11.4. The molecule has 2 rings (SSSR count). The van der Waals surface area contributed by atoms with Crippen molar-refractivity contribution in [3.63, 3.8) is 0 Å². The van der Waals surface area contributed by atoms with E-state index in [2.05, 4.69) is 4.98 Å². The van der Waals surface area contributed by atoms with Gasteiger partial charge in [-0.25, -0.2) is 4.98 Å². The van der Waals surface area contributed by atoms with E-state index in [9.17, 15) is 9.59 Å². The molecule has 1 aromatic heterocycles. The number of carbonyl (C=O) groups is 1.